The van der Waals surface area contributed by atoms with Crippen LogP contribution in [0.4, 0.5) is 0 Å². The van der Waals surface area contributed by atoms with Gasteiger partial charge in [0.15, 0.2) is 0 Å². The third-order valence-corrected chi connectivity index (χ3v) is 4.53. The summed E-state index contributed by atoms with van der Waals surface area (Å²) >= 11 is 0. The number of benzene rings is 1. The maximum atomic E-state index is 10.6. The first kappa shape index (κ1) is 16.0. The van der Waals surface area contributed by atoms with Crippen LogP contribution in [0.3, 0.4) is 0 Å². The fraction of sp³-hybridized carbons (Fsp3) is 0.611. The average molecular weight is 289 g/mol. The molecule has 0 atom stereocenters. The molecule has 0 bridgehead atoms. The first-order valence-electron chi connectivity index (χ1n) is 8.07. The zero-order valence-corrected chi connectivity index (χ0v) is 13.2. The van der Waals surface area contributed by atoms with Crippen molar-refractivity contribution in [3.63, 3.8) is 0 Å². The summed E-state index contributed by atoms with van der Waals surface area (Å²) in [5.74, 6) is 0.521. The van der Waals surface area contributed by atoms with Gasteiger partial charge in [0.1, 0.15) is 0 Å². The van der Waals surface area contributed by atoms with Crippen molar-refractivity contribution in [2.24, 2.45) is 5.92 Å². The Bertz CT molecular complexity index is 445. The van der Waals surface area contributed by atoms with Crippen LogP contribution in [-0.2, 0) is 11.3 Å². The third-order valence-electron chi connectivity index (χ3n) is 4.53. The Hall–Kier alpha value is -1.35. The molecule has 0 aliphatic carbocycles. The molecule has 0 amide bonds. The topological polar surface area (TPSA) is 40.5 Å². The van der Waals surface area contributed by atoms with Crippen LogP contribution < -0.4 is 0 Å². The van der Waals surface area contributed by atoms with Crippen LogP contribution in [0.2, 0.25) is 0 Å². The van der Waals surface area contributed by atoms with Gasteiger partial charge >= 0.3 is 5.97 Å². The van der Waals surface area contributed by atoms with Crippen molar-refractivity contribution < 1.29 is 9.90 Å². The lowest BCUT2D eigenvalue weighted by atomic mass is 9.92. The number of hydrogen-bond acceptors (Lipinski definition) is 2. The molecular weight excluding hydrogens is 262 g/mol. The first-order chi connectivity index (χ1) is 10.0. The molecule has 1 N–H and O–H groups in total. The molecular formula is C18H27NO2. The van der Waals surface area contributed by atoms with E-state index in [2.05, 4.69) is 43.0 Å². The number of carboxylic acids is 1. The van der Waals surface area contributed by atoms with Gasteiger partial charge in [-0.05, 0) is 55.3 Å². The van der Waals surface area contributed by atoms with Gasteiger partial charge in [0.05, 0.1) is 0 Å². The van der Waals surface area contributed by atoms with Gasteiger partial charge in [0.2, 0.25) is 0 Å². The molecule has 1 saturated heterocycles. The molecule has 1 aromatic rings. The summed E-state index contributed by atoms with van der Waals surface area (Å²) < 4.78 is 0. The Morgan fingerprint density at radius 3 is 2.38 bits per heavy atom. The number of rotatable bonds is 6. The van der Waals surface area contributed by atoms with Crippen LogP contribution in [0, 0.1) is 5.92 Å². The summed E-state index contributed by atoms with van der Waals surface area (Å²) in [7, 11) is 0. The largest absolute Gasteiger partial charge is 0.481 e. The van der Waals surface area contributed by atoms with Crippen molar-refractivity contribution in [3.05, 3.63) is 35.4 Å². The predicted molar refractivity (Wildman–Crippen MR) is 85.4 cm³/mol. The van der Waals surface area contributed by atoms with E-state index in [0.29, 0.717) is 18.3 Å². The SMILES string of the molecule is CC(C)c1ccc(CN2CCC(CCC(=O)O)CC2)cc1. The van der Waals surface area contributed by atoms with E-state index >= 15 is 0 Å². The summed E-state index contributed by atoms with van der Waals surface area (Å²) in [6.07, 6.45) is 3.43. The quantitative estimate of drug-likeness (QED) is 0.863. The summed E-state index contributed by atoms with van der Waals surface area (Å²) in [5, 5.41) is 8.74. The van der Waals surface area contributed by atoms with Gasteiger partial charge in [-0.3, -0.25) is 9.69 Å². The average Bonchev–Trinajstić information content (AvgIpc) is 2.47. The number of hydrogen-bond donors (Lipinski definition) is 1. The van der Waals surface area contributed by atoms with Gasteiger partial charge in [-0.2, -0.15) is 0 Å². The minimum atomic E-state index is -0.664. The molecule has 3 heteroatoms. The number of carbonyl (C=O) groups is 1. The molecule has 3 nitrogen and oxygen atoms in total. The van der Waals surface area contributed by atoms with Crippen molar-refractivity contribution in [1.29, 1.82) is 0 Å². The molecule has 0 radical (unpaired) electrons. The lowest BCUT2D eigenvalue weighted by Gasteiger charge is -2.31. The number of carboxylic acid groups (broad SMARTS) is 1. The minimum absolute atomic E-state index is 0.321. The number of piperidine rings is 1. The molecule has 1 fully saturated rings. The maximum Gasteiger partial charge on any atom is 0.303 e. The number of aliphatic carboxylic acids is 1. The molecule has 2 rings (SSSR count). The number of likely N-dealkylation sites (tertiary alicyclic amines) is 1. The zero-order chi connectivity index (χ0) is 15.2. The summed E-state index contributed by atoms with van der Waals surface area (Å²) in [5.41, 5.74) is 2.77. The van der Waals surface area contributed by atoms with E-state index in [4.69, 9.17) is 5.11 Å². The van der Waals surface area contributed by atoms with E-state index in [0.717, 1.165) is 38.9 Å². The lowest BCUT2D eigenvalue weighted by molar-refractivity contribution is -0.137. The molecule has 1 aromatic carbocycles. The second-order valence-corrected chi connectivity index (χ2v) is 6.55. The summed E-state index contributed by atoms with van der Waals surface area (Å²) in [4.78, 5) is 13.1. The Labute approximate surface area is 128 Å². The molecule has 116 valence electrons. The highest BCUT2D eigenvalue weighted by atomic mass is 16.4. The normalized spacial score (nSPS) is 17.3. The molecule has 0 spiro atoms. The molecule has 1 heterocycles. The van der Waals surface area contributed by atoms with Crippen LogP contribution in [0.5, 0.6) is 0 Å². The smallest absolute Gasteiger partial charge is 0.303 e. The van der Waals surface area contributed by atoms with Gasteiger partial charge in [0.25, 0.3) is 0 Å². The van der Waals surface area contributed by atoms with E-state index in [-0.39, 0.29) is 0 Å². The molecule has 1 aliphatic rings. The summed E-state index contributed by atoms with van der Waals surface area (Å²) in [6.45, 7) is 7.64. The van der Waals surface area contributed by atoms with Crippen molar-refractivity contribution >= 4 is 5.97 Å². The van der Waals surface area contributed by atoms with Crippen LogP contribution >= 0.6 is 0 Å². The highest BCUT2D eigenvalue weighted by Crippen LogP contribution is 2.23. The predicted octanol–water partition coefficient (Wildman–Crippen LogP) is 3.89. The molecule has 21 heavy (non-hydrogen) atoms. The van der Waals surface area contributed by atoms with Crippen LogP contribution in [0.1, 0.15) is 56.6 Å². The fourth-order valence-corrected chi connectivity index (χ4v) is 3.03. The second-order valence-electron chi connectivity index (χ2n) is 6.55. The van der Waals surface area contributed by atoms with E-state index < -0.39 is 5.97 Å². The van der Waals surface area contributed by atoms with Crippen molar-refractivity contribution in [3.8, 4) is 0 Å². The Balaban J connectivity index is 1.76. The van der Waals surface area contributed by atoms with Gasteiger partial charge in [-0.1, -0.05) is 38.1 Å². The third kappa shape index (κ3) is 5.16. The molecule has 0 aromatic heterocycles. The van der Waals surface area contributed by atoms with Crippen LogP contribution in [-0.4, -0.2) is 29.1 Å². The van der Waals surface area contributed by atoms with Crippen LogP contribution in [0.25, 0.3) is 0 Å². The standard InChI is InChI=1S/C18H27NO2/c1-14(2)17-6-3-16(4-7-17)13-19-11-9-15(10-12-19)5-8-18(20)21/h3-4,6-7,14-15H,5,8-13H2,1-2H3,(H,20,21). The van der Waals surface area contributed by atoms with Crippen molar-refractivity contribution in [2.75, 3.05) is 13.1 Å². The Morgan fingerprint density at radius 1 is 1.24 bits per heavy atom. The van der Waals surface area contributed by atoms with Crippen molar-refractivity contribution in [1.82, 2.24) is 4.90 Å². The maximum absolute atomic E-state index is 10.6. The lowest BCUT2D eigenvalue weighted by Crippen LogP contribution is -2.33. The molecule has 0 saturated carbocycles. The van der Waals surface area contributed by atoms with E-state index in [1.54, 1.807) is 0 Å². The highest BCUT2D eigenvalue weighted by molar-refractivity contribution is 5.66. The fourth-order valence-electron chi connectivity index (χ4n) is 3.03. The van der Waals surface area contributed by atoms with Gasteiger partial charge < -0.3 is 5.11 Å². The zero-order valence-electron chi connectivity index (χ0n) is 13.2. The minimum Gasteiger partial charge on any atom is -0.481 e. The molecule has 1 aliphatic heterocycles. The Kier molecular flexibility index (Phi) is 5.80. The van der Waals surface area contributed by atoms with E-state index in [9.17, 15) is 4.79 Å². The van der Waals surface area contributed by atoms with Gasteiger partial charge in [-0.25, -0.2) is 0 Å². The Morgan fingerprint density at radius 2 is 1.86 bits per heavy atom. The van der Waals surface area contributed by atoms with Crippen LogP contribution in [0.15, 0.2) is 24.3 Å². The first-order valence-corrected chi connectivity index (χ1v) is 8.07. The monoisotopic (exact) mass is 289 g/mol. The molecule has 0 unspecified atom stereocenters. The van der Waals surface area contributed by atoms with Gasteiger partial charge in [0, 0.05) is 13.0 Å². The van der Waals surface area contributed by atoms with E-state index in [1.165, 1.54) is 11.1 Å². The number of nitrogens with zero attached hydrogens (tertiary/aromatic N) is 1. The van der Waals surface area contributed by atoms with E-state index in [1.807, 2.05) is 0 Å². The van der Waals surface area contributed by atoms with Crippen molar-refractivity contribution in [2.45, 2.75) is 52.0 Å². The second kappa shape index (κ2) is 7.60. The summed E-state index contributed by atoms with van der Waals surface area (Å²) in [6, 6.07) is 8.96. The van der Waals surface area contributed by atoms with Gasteiger partial charge in [-0.15, -0.1) is 0 Å². The highest BCUT2D eigenvalue weighted by Gasteiger charge is 2.19.